The van der Waals surface area contributed by atoms with Gasteiger partial charge in [0.1, 0.15) is 0 Å². The highest BCUT2D eigenvalue weighted by Gasteiger charge is 2.38. The van der Waals surface area contributed by atoms with E-state index in [2.05, 4.69) is 0 Å². The number of ether oxygens (including phenoxy) is 1. The Morgan fingerprint density at radius 2 is 1.54 bits per heavy atom. The highest BCUT2D eigenvalue weighted by molar-refractivity contribution is 6.21. The Labute approximate surface area is 161 Å². The standard InChI is InChI=1S/C21H18N2O5/c24-18-10-15(12-22(18)11-14-6-2-1-3-7-14)21(27)28-13-23-19(25)16-8-4-5-9-17(16)20(23)26/h1-9,15H,10-13H2/t15-/m1/s1. The van der Waals surface area contributed by atoms with Gasteiger partial charge in [0.2, 0.25) is 5.91 Å². The van der Waals surface area contributed by atoms with Crippen molar-refractivity contribution in [2.75, 3.05) is 13.3 Å². The summed E-state index contributed by atoms with van der Waals surface area (Å²) in [7, 11) is 0. The van der Waals surface area contributed by atoms with Gasteiger partial charge in [0.05, 0.1) is 17.0 Å². The van der Waals surface area contributed by atoms with Crippen LogP contribution in [0.15, 0.2) is 54.6 Å². The molecular formula is C21H18N2O5. The number of hydrogen-bond donors (Lipinski definition) is 0. The Morgan fingerprint density at radius 1 is 0.929 bits per heavy atom. The third kappa shape index (κ3) is 3.26. The van der Waals surface area contributed by atoms with Crippen molar-refractivity contribution in [1.29, 1.82) is 0 Å². The van der Waals surface area contributed by atoms with Crippen molar-refractivity contribution >= 4 is 23.7 Å². The predicted octanol–water partition coefficient (Wildman–Crippen LogP) is 1.83. The minimum Gasteiger partial charge on any atom is -0.443 e. The number of imide groups is 1. The SMILES string of the molecule is O=C(OCN1C(=O)c2ccccc2C1=O)[C@@H]1CC(=O)N(Cc2ccccc2)C1. The van der Waals surface area contributed by atoms with E-state index < -0.39 is 30.4 Å². The van der Waals surface area contributed by atoms with E-state index in [4.69, 9.17) is 4.74 Å². The number of likely N-dealkylation sites (tertiary alicyclic amines) is 1. The molecule has 0 unspecified atom stereocenters. The lowest BCUT2D eigenvalue weighted by atomic mass is 10.1. The first kappa shape index (κ1) is 17.9. The van der Waals surface area contributed by atoms with E-state index in [0.29, 0.717) is 17.7 Å². The Balaban J connectivity index is 1.34. The highest BCUT2D eigenvalue weighted by Crippen LogP contribution is 2.24. The van der Waals surface area contributed by atoms with E-state index in [9.17, 15) is 19.2 Å². The average molecular weight is 378 g/mol. The van der Waals surface area contributed by atoms with E-state index >= 15 is 0 Å². The van der Waals surface area contributed by atoms with Gasteiger partial charge in [0.25, 0.3) is 11.8 Å². The normalized spacial score (nSPS) is 18.6. The quantitative estimate of drug-likeness (QED) is 0.585. The molecule has 2 aromatic rings. The fourth-order valence-corrected chi connectivity index (χ4v) is 3.49. The molecule has 2 aliphatic heterocycles. The van der Waals surface area contributed by atoms with E-state index in [1.807, 2.05) is 30.3 Å². The number of carbonyl (C=O) groups excluding carboxylic acids is 4. The Kier molecular flexibility index (Phi) is 4.65. The van der Waals surface area contributed by atoms with Crippen LogP contribution in [0.2, 0.25) is 0 Å². The van der Waals surface area contributed by atoms with Gasteiger partial charge in [-0.2, -0.15) is 0 Å². The van der Waals surface area contributed by atoms with Crippen LogP contribution in [-0.2, 0) is 20.9 Å². The number of fused-ring (bicyclic) bond motifs is 1. The molecule has 7 heteroatoms. The van der Waals surface area contributed by atoms with E-state index in [-0.39, 0.29) is 18.9 Å². The van der Waals surface area contributed by atoms with Crippen LogP contribution < -0.4 is 0 Å². The summed E-state index contributed by atoms with van der Waals surface area (Å²) in [6.45, 7) is 0.241. The first-order valence-corrected chi connectivity index (χ1v) is 8.98. The molecule has 1 atom stereocenters. The molecule has 2 aliphatic rings. The third-order valence-corrected chi connectivity index (χ3v) is 4.98. The summed E-state index contributed by atoms with van der Waals surface area (Å²) >= 11 is 0. The largest absolute Gasteiger partial charge is 0.443 e. The minimum atomic E-state index is -0.605. The highest BCUT2D eigenvalue weighted by atomic mass is 16.5. The second-order valence-electron chi connectivity index (χ2n) is 6.84. The van der Waals surface area contributed by atoms with Gasteiger partial charge in [-0.25, -0.2) is 4.90 Å². The lowest BCUT2D eigenvalue weighted by molar-refractivity contribution is -0.151. The van der Waals surface area contributed by atoms with Gasteiger partial charge >= 0.3 is 5.97 Å². The van der Waals surface area contributed by atoms with Gasteiger partial charge in [-0.3, -0.25) is 19.2 Å². The summed E-state index contributed by atoms with van der Waals surface area (Å²) in [6, 6.07) is 16.0. The van der Waals surface area contributed by atoms with Gasteiger partial charge in [0, 0.05) is 19.5 Å². The number of nitrogens with zero attached hydrogens (tertiary/aromatic N) is 2. The Morgan fingerprint density at radius 3 is 2.18 bits per heavy atom. The molecule has 0 saturated carbocycles. The summed E-state index contributed by atoms with van der Waals surface area (Å²) in [5, 5.41) is 0. The zero-order chi connectivity index (χ0) is 19.7. The summed E-state index contributed by atoms with van der Waals surface area (Å²) in [4.78, 5) is 51.7. The number of rotatable bonds is 5. The molecule has 3 amide bonds. The van der Waals surface area contributed by atoms with Crippen molar-refractivity contribution in [1.82, 2.24) is 9.80 Å². The zero-order valence-electron chi connectivity index (χ0n) is 15.0. The second kappa shape index (κ2) is 7.26. The molecule has 0 aliphatic carbocycles. The molecule has 142 valence electrons. The van der Waals surface area contributed by atoms with Crippen LogP contribution in [0.3, 0.4) is 0 Å². The fourth-order valence-electron chi connectivity index (χ4n) is 3.49. The first-order valence-electron chi connectivity index (χ1n) is 8.98. The number of hydrogen-bond acceptors (Lipinski definition) is 5. The number of carbonyl (C=O) groups is 4. The lowest BCUT2D eigenvalue weighted by Crippen LogP contribution is -2.35. The average Bonchev–Trinajstić information content (AvgIpc) is 3.19. The summed E-state index contributed by atoms with van der Waals surface area (Å²) < 4.78 is 5.20. The van der Waals surface area contributed by atoms with Gasteiger partial charge in [-0.05, 0) is 17.7 Å². The number of esters is 1. The fraction of sp³-hybridized carbons (Fsp3) is 0.238. The first-order chi connectivity index (χ1) is 13.5. The smallest absolute Gasteiger partial charge is 0.313 e. The van der Waals surface area contributed by atoms with E-state index in [1.165, 1.54) is 0 Å². The third-order valence-electron chi connectivity index (χ3n) is 4.98. The lowest BCUT2D eigenvalue weighted by Gasteiger charge is -2.17. The topological polar surface area (TPSA) is 84.0 Å². The summed E-state index contributed by atoms with van der Waals surface area (Å²) in [6.07, 6.45) is 0.0633. The van der Waals surface area contributed by atoms with Crippen molar-refractivity contribution < 1.29 is 23.9 Å². The molecule has 0 spiro atoms. The Hall–Kier alpha value is -3.48. The van der Waals surface area contributed by atoms with Gasteiger partial charge in [-0.1, -0.05) is 42.5 Å². The number of benzene rings is 2. The van der Waals surface area contributed by atoms with Crippen LogP contribution in [0, 0.1) is 5.92 Å². The minimum absolute atomic E-state index is 0.0633. The monoisotopic (exact) mass is 378 g/mol. The molecule has 7 nitrogen and oxygen atoms in total. The second-order valence-corrected chi connectivity index (χ2v) is 6.84. The molecular weight excluding hydrogens is 360 g/mol. The molecule has 0 N–H and O–H groups in total. The molecule has 4 rings (SSSR count). The van der Waals surface area contributed by atoms with E-state index in [1.54, 1.807) is 29.2 Å². The Bertz CT molecular complexity index is 921. The molecule has 2 heterocycles. The van der Waals surface area contributed by atoms with Crippen molar-refractivity contribution in [3.05, 3.63) is 71.3 Å². The summed E-state index contributed by atoms with van der Waals surface area (Å²) in [5.41, 5.74) is 1.58. The number of amides is 3. The molecule has 2 aromatic carbocycles. The van der Waals surface area contributed by atoms with Crippen LogP contribution in [-0.4, -0.2) is 46.8 Å². The maximum atomic E-state index is 12.4. The van der Waals surface area contributed by atoms with Crippen LogP contribution in [0.4, 0.5) is 0 Å². The molecule has 0 bridgehead atoms. The predicted molar refractivity (Wildman–Crippen MR) is 97.9 cm³/mol. The van der Waals surface area contributed by atoms with Gasteiger partial charge < -0.3 is 9.64 Å². The van der Waals surface area contributed by atoms with Crippen molar-refractivity contribution in [2.24, 2.45) is 5.92 Å². The van der Waals surface area contributed by atoms with Gasteiger partial charge in [-0.15, -0.1) is 0 Å². The molecule has 0 radical (unpaired) electrons. The molecule has 0 aromatic heterocycles. The maximum absolute atomic E-state index is 12.4. The van der Waals surface area contributed by atoms with Crippen LogP contribution in [0.5, 0.6) is 0 Å². The maximum Gasteiger partial charge on any atom is 0.313 e. The van der Waals surface area contributed by atoms with Crippen molar-refractivity contribution in [3.63, 3.8) is 0 Å². The molecule has 1 saturated heterocycles. The van der Waals surface area contributed by atoms with E-state index in [0.717, 1.165) is 10.5 Å². The van der Waals surface area contributed by atoms with Crippen molar-refractivity contribution in [2.45, 2.75) is 13.0 Å². The van der Waals surface area contributed by atoms with Crippen LogP contribution >= 0.6 is 0 Å². The van der Waals surface area contributed by atoms with Gasteiger partial charge in [0.15, 0.2) is 6.73 Å². The summed E-state index contributed by atoms with van der Waals surface area (Å²) in [5.74, 6) is -2.28. The molecule has 1 fully saturated rings. The zero-order valence-corrected chi connectivity index (χ0v) is 15.0. The van der Waals surface area contributed by atoms with Crippen molar-refractivity contribution in [3.8, 4) is 0 Å². The van der Waals surface area contributed by atoms with Crippen LogP contribution in [0.1, 0.15) is 32.7 Å². The molecule has 28 heavy (non-hydrogen) atoms. The van der Waals surface area contributed by atoms with Crippen LogP contribution in [0.25, 0.3) is 0 Å².